The average Bonchev–Trinajstić information content (AvgIpc) is 2.85. The van der Waals surface area contributed by atoms with Gasteiger partial charge in [0.05, 0.1) is 29.2 Å². The van der Waals surface area contributed by atoms with E-state index in [2.05, 4.69) is 40.4 Å². The fourth-order valence-corrected chi connectivity index (χ4v) is 7.65. The van der Waals surface area contributed by atoms with E-state index in [1.165, 1.54) is 16.3 Å². The smallest absolute Gasteiger partial charge is 0.410 e. The molecule has 0 unspecified atom stereocenters. The molecule has 1 aromatic rings. The summed E-state index contributed by atoms with van der Waals surface area (Å²) < 4.78 is 40.2. The molecule has 0 radical (unpaired) electrons. The number of piperidine rings is 1. The van der Waals surface area contributed by atoms with Gasteiger partial charge in [-0.25, -0.2) is 13.2 Å². The van der Waals surface area contributed by atoms with Crippen LogP contribution < -0.4 is 0 Å². The standard InChI is InChI=1S/C27H40N2O6SSi/c1-8-15-29(25(31)34-5)24-18-22(35-37(6,7)26(2,3)4)17-21-14-16-28(19-27(21,24)20-30)36(32,33)23-12-10-9-11-13-23/h8-13,18,20-21,24H,1,14-17,19H2,2-7H3/t21-,24-,27+/m0/s1. The maximum atomic E-state index is 13.5. The number of ether oxygens (including phenoxy) is 1. The number of carbonyl (C=O) groups excluding carboxylic acids is 2. The van der Waals surface area contributed by atoms with Crippen molar-refractivity contribution in [1.82, 2.24) is 9.21 Å². The van der Waals surface area contributed by atoms with Crippen molar-refractivity contribution in [2.45, 2.75) is 62.7 Å². The molecule has 1 fully saturated rings. The second kappa shape index (κ2) is 10.7. The van der Waals surface area contributed by atoms with Crippen LogP contribution in [0.3, 0.4) is 0 Å². The monoisotopic (exact) mass is 548 g/mol. The minimum atomic E-state index is -3.84. The van der Waals surface area contributed by atoms with Crippen LogP contribution in [-0.4, -0.2) is 71.1 Å². The van der Waals surface area contributed by atoms with Gasteiger partial charge < -0.3 is 14.0 Å². The highest BCUT2D eigenvalue weighted by molar-refractivity contribution is 7.89. The molecule has 1 amide bonds. The van der Waals surface area contributed by atoms with Gasteiger partial charge in [0.25, 0.3) is 0 Å². The van der Waals surface area contributed by atoms with E-state index in [1.807, 2.05) is 6.08 Å². The van der Waals surface area contributed by atoms with Crippen molar-refractivity contribution >= 4 is 30.7 Å². The Morgan fingerprint density at radius 3 is 2.46 bits per heavy atom. The van der Waals surface area contributed by atoms with Gasteiger partial charge in [0.1, 0.15) is 6.29 Å². The molecular formula is C27H40N2O6SSi. The quantitative estimate of drug-likeness (QED) is 0.263. The van der Waals surface area contributed by atoms with Crippen LogP contribution >= 0.6 is 0 Å². The van der Waals surface area contributed by atoms with E-state index < -0.39 is 35.9 Å². The molecule has 1 saturated heterocycles. The van der Waals surface area contributed by atoms with E-state index in [4.69, 9.17) is 9.16 Å². The number of rotatable bonds is 8. The maximum Gasteiger partial charge on any atom is 0.410 e. The summed E-state index contributed by atoms with van der Waals surface area (Å²) in [7, 11) is -4.75. The molecule has 1 aliphatic carbocycles. The van der Waals surface area contributed by atoms with Crippen LogP contribution in [0.15, 0.2) is 59.7 Å². The van der Waals surface area contributed by atoms with Gasteiger partial charge in [-0.1, -0.05) is 45.0 Å². The number of benzene rings is 1. The van der Waals surface area contributed by atoms with Crippen LogP contribution in [0.25, 0.3) is 0 Å². The van der Waals surface area contributed by atoms with Gasteiger partial charge in [-0.2, -0.15) is 4.31 Å². The molecule has 3 rings (SSSR count). The lowest BCUT2D eigenvalue weighted by Gasteiger charge is -2.53. The number of amides is 1. The van der Waals surface area contributed by atoms with E-state index in [0.717, 1.165) is 12.0 Å². The van der Waals surface area contributed by atoms with Crippen LogP contribution in [0, 0.1) is 11.3 Å². The summed E-state index contributed by atoms with van der Waals surface area (Å²) in [6, 6.07) is 7.45. The number of nitrogens with zero attached hydrogens (tertiary/aromatic N) is 2. The summed E-state index contributed by atoms with van der Waals surface area (Å²) in [6.45, 7) is 14.9. The van der Waals surface area contributed by atoms with Gasteiger partial charge in [0, 0.05) is 26.1 Å². The van der Waals surface area contributed by atoms with Crippen molar-refractivity contribution in [3.8, 4) is 0 Å². The lowest BCUT2D eigenvalue weighted by atomic mass is 9.63. The Kier molecular flexibility index (Phi) is 8.46. The number of hydrogen-bond donors (Lipinski definition) is 0. The molecule has 8 nitrogen and oxygen atoms in total. The number of hydrogen-bond acceptors (Lipinski definition) is 6. The van der Waals surface area contributed by atoms with E-state index in [1.54, 1.807) is 36.4 Å². The highest BCUT2D eigenvalue weighted by atomic mass is 32.2. The fourth-order valence-electron chi connectivity index (χ4n) is 5.00. The minimum absolute atomic E-state index is 0.0428. The van der Waals surface area contributed by atoms with Crippen molar-refractivity contribution in [3.05, 3.63) is 54.8 Å². The van der Waals surface area contributed by atoms with E-state index >= 15 is 0 Å². The van der Waals surface area contributed by atoms with Gasteiger partial charge in [-0.05, 0) is 48.7 Å². The number of allylic oxidation sites excluding steroid dienone is 1. The second-order valence-electron chi connectivity index (χ2n) is 11.4. The van der Waals surface area contributed by atoms with Crippen molar-refractivity contribution in [1.29, 1.82) is 0 Å². The fraction of sp³-hybridized carbons (Fsp3) is 0.556. The molecule has 1 aliphatic heterocycles. The first-order valence-electron chi connectivity index (χ1n) is 12.6. The van der Waals surface area contributed by atoms with Crippen LogP contribution in [0.2, 0.25) is 18.1 Å². The predicted molar refractivity (Wildman–Crippen MR) is 146 cm³/mol. The first-order chi connectivity index (χ1) is 17.2. The Morgan fingerprint density at radius 2 is 1.92 bits per heavy atom. The third-order valence-corrected chi connectivity index (χ3v) is 14.4. The van der Waals surface area contributed by atoms with Crippen LogP contribution in [0.4, 0.5) is 4.79 Å². The molecule has 10 heteroatoms. The van der Waals surface area contributed by atoms with E-state index in [9.17, 15) is 18.0 Å². The number of sulfonamides is 1. The predicted octanol–water partition coefficient (Wildman–Crippen LogP) is 4.81. The second-order valence-corrected chi connectivity index (χ2v) is 18.1. The zero-order valence-corrected chi connectivity index (χ0v) is 24.6. The highest BCUT2D eigenvalue weighted by Gasteiger charge is 2.56. The highest BCUT2D eigenvalue weighted by Crippen LogP contribution is 2.49. The molecular weight excluding hydrogens is 508 g/mol. The number of methoxy groups -OCH3 is 1. The Morgan fingerprint density at radius 1 is 1.27 bits per heavy atom. The SMILES string of the molecule is C=CCN(C(=O)OC)[C@H]1C=C(O[Si](C)(C)C(C)(C)C)C[C@@H]2CCN(S(=O)(=O)c3ccccc3)C[C@@]21C=O. The van der Waals surface area contributed by atoms with Crippen molar-refractivity contribution < 1.29 is 27.2 Å². The molecule has 0 spiro atoms. The van der Waals surface area contributed by atoms with Crippen LogP contribution in [-0.2, 0) is 24.0 Å². The molecule has 2 aliphatic rings. The molecule has 37 heavy (non-hydrogen) atoms. The third-order valence-electron chi connectivity index (χ3n) is 8.14. The summed E-state index contributed by atoms with van der Waals surface area (Å²) in [5, 5.41) is -0.0428. The molecule has 0 saturated carbocycles. The molecule has 1 aromatic carbocycles. The normalized spacial score (nSPS) is 24.9. The summed E-state index contributed by atoms with van der Waals surface area (Å²) >= 11 is 0. The van der Waals surface area contributed by atoms with Crippen LogP contribution in [0.5, 0.6) is 0 Å². The largest absolute Gasteiger partial charge is 0.547 e. The Balaban J connectivity index is 2.12. The molecule has 3 atom stereocenters. The number of carbonyl (C=O) groups is 2. The van der Waals surface area contributed by atoms with Crippen LogP contribution in [0.1, 0.15) is 33.6 Å². The lowest BCUT2D eigenvalue weighted by Crippen LogP contribution is -2.63. The Bertz CT molecular complexity index is 1150. The topological polar surface area (TPSA) is 93.2 Å². The van der Waals surface area contributed by atoms with Crippen molar-refractivity contribution in [3.63, 3.8) is 0 Å². The molecule has 0 N–H and O–H groups in total. The first kappa shape index (κ1) is 29.1. The zero-order chi connectivity index (χ0) is 27.6. The van der Waals surface area contributed by atoms with Gasteiger partial charge in [-0.15, -0.1) is 6.58 Å². The first-order valence-corrected chi connectivity index (χ1v) is 16.9. The minimum Gasteiger partial charge on any atom is -0.547 e. The lowest BCUT2D eigenvalue weighted by molar-refractivity contribution is -0.126. The summed E-state index contributed by atoms with van der Waals surface area (Å²) in [6.07, 6.45) is 4.60. The van der Waals surface area contributed by atoms with Gasteiger partial charge in [0.15, 0.2) is 0 Å². The zero-order valence-electron chi connectivity index (χ0n) is 22.8. The van der Waals surface area contributed by atoms with Gasteiger partial charge in [-0.3, -0.25) is 4.90 Å². The molecule has 204 valence electrons. The summed E-state index contributed by atoms with van der Waals surface area (Å²) in [5.41, 5.74) is -1.17. The Labute approximate surface area is 222 Å². The summed E-state index contributed by atoms with van der Waals surface area (Å²) in [5.74, 6) is 0.537. The van der Waals surface area contributed by atoms with Gasteiger partial charge in [0.2, 0.25) is 18.3 Å². The average molecular weight is 549 g/mol. The van der Waals surface area contributed by atoms with E-state index in [-0.39, 0.29) is 35.5 Å². The van der Waals surface area contributed by atoms with E-state index in [0.29, 0.717) is 12.8 Å². The van der Waals surface area contributed by atoms with Crippen molar-refractivity contribution in [2.75, 3.05) is 26.7 Å². The van der Waals surface area contributed by atoms with Crippen molar-refractivity contribution in [2.24, 2.45) is 11.3 Å². The summed E-state index contributed by atoms with van der Waals surface area (Å²) in [4.78, 5) is 27.6. The molecule has 0 aromatic heterocycles. The number of fused-ring (bicyclic) bond motifs is 1. The van der Waals surface area contributed by atoms with Gasteiger partial charge >= 0.3 is 6.09 Å². The maximum absolute atomic E-state index is 13.5. The molecule has 0 bridgehead atoms. The number of aldehydes is 1. The molecule has 1 heterocycles. The Hall–Kier alpha value is -2.43. The third kappa shape index (κ3) is 5.56.